The Bertz CT molecular complexity index is 508. The van der Waals surface area contributed by atoms with E-state index in [1.54, 1.807) is 27.7 Å². The minimum Gasteiger partial charge on any atom is -0.465 e. The second kappa shape index (κ2) is 9.64. The van der Waals surface area contributed by atoms with Gasteiger partial charge in [-0.3, -0.25) is 9.59 Å². The number of amides is 1. The lowest BCUT2D eigenvalue weighted by atomic mass is 10.1. The molecule has 0 bridgehead atoms. The van der Waals surface area contributed by atoms with Crippen LogP contribution in [0.4, 0.5) is 4.79 Å². The van der Waals surface area contributed by atoms with Crippen molar-refractivity contribution in [3.8, 4) is 0 Å². The first kappa shape index (κ1) is 21.6. The molecule has 9 nitrogen and oxygen atoms in total. The van der Waals surface area contributed by atoms with E-state index in [9.17, 15) is 19.2 Å². The molecule has 0 spiro atoms. The molecule has 0 saturated heterocycles. The Balaban J connectivity index is 5.17. The Morgan fingerprint density at radius 2 is 1.62 bits per heavy atom. The first-order valence-corrected chi connectivity index (χ1v) is 7.41. The predicted molar refractivity (Wildman–Crippen MR) is 84.3 cm³/mol. The molecule has 0 rings (SSSR count). The van der Waals surface area contributed by atoms with Crippen LogP contribution >= 0.6 is 0 Å². The van der Waals surface area contributed by atoms with Crippen LogP contribution in [0.3, 0.4) is 0 Å². The third kappa shape index (κ3) is 7.70. The Morgan fingerprint density at radius 1 is 1.08 bits per heavy atom. The van der Waals surface area contributed by atoms with E-state index >= 15 is 0 Å². The van der Waals surface area contributed by atoms with E-state index in [2.05, 4.69) is 9.84 Å². The number of ether oxygens (including phenoxy) is 3. The number of Topliss-reactive ketones (excluding diaryl/α,β-unsaturated/α-hetero) is 1. The highest BCUT2D eigenvalue weighted by molar-refractivity contribution is 6.41. The molecule has 0 aliphatic carbocycles. The molecule has 0 radical (unpaired) electrons. The van der Waals surface area contributed by atoms with Crippen molar-refractivity contribution in [2.45, 2.75) is 40.2 Å². The van der Waals surface area contributed by atoms with Crippen LogP contribution in [0.15, 0.2) is 5.10 Å². The quantitative estimate of drug-likeness (QED) is 0.170. The molecule has 0 aromatic carbocycles. The normalized spacial score (nSPS) is 12.4. The van der Waals surface area contributed by atoms with Gasteiger partial charge < -0.3 is 14.2 Å². The molecular formula is C15H24N2O7. The summed E-state index contributed by atoms with van der Waals surface area (Å²) in [7, 11) is 1.28. The van der Waals surface area contributed by atoms with Crippen LogP contribution in [-0.2, 0) is 28.6 Å². The monoisotopic (exact) mass is 344 g/mol. The average molecular weight is 344 g/mol. The van der Waals surface area contributed by atoms with Gasteiger partial charge in [-0.1, -0.05) is 0 Å². The molecule has 0 saturated carbocycles. The maximum Gasteiger partial charge on any atom is 0.430 e. The minimum absolute atomic E-state index is 0.0151. The molecule has 1 amide bonds. The highest BCUT2D eigenvalue weighted by atomic mass is 16.6. The van der Waals surface area contributed by atoms with Crippen LogP contribution in [0, 0.1) is 5.92 Å². The third-order valence-corrected chi connectivity index (χ3v) is 2.35. The number of hydrazone groups is 1. The van der Waals surface area contributed by atoms with E-state index in [-0.39, 0.29) is 13.2 Å². The second-order valence-electron chi connectivity index (χ2n) is 5.58. The Hall–Kier alpha value is -2.45. The summed E-state index contributed by atoms with van der Waals surface area (Å²) in [5.74, 6) is -4.87. The van der Waals surface area contributed by atoms with Crippen molar-refractivity contribution in [2.75, 3.05) is 20.3 Å². The zero-order valence-corrected chi connectivity index (χ0v) is 14.8. The summed E-state index contributed by atoms with van der Waals surface area (Å²) >= 11 is 0. The maximum atomic E-state index is 12.0. The van der Waals surface area contributed by atoms with Gasteiger partial charge in [0.1, 0.15) is 5.60 Å². The zero-order chi connectivity index (χ0) is 18.9. The van der Waals surface area contributed by atoms with Crippen molar-refractivity contribution >= 4 is 30.0 Å². The summed E-state index contributed by atoms with van der Waals surface area (Å²) in [6.07, 6.45) is 0.0613. The smallest absolute Gasteiger partial charge is 0.430 e. The summed E-state index contributed by atoms with van der Waals surface area (Å²) in [4.78, 5) is 47.1. The summed E-state index contributed by atoms with van der Waals surface area (Å²) in [5.41, 5.74) is -0.734. The highest BCUT2D eigenvalue weighted by Gasteiger charge is 2.33. The lowest BCUT2D eigenvalue weighted by Crippen LogP contribution is -2.36. The van der Waals surface area contributed by atoms with Crippen molar-refractivity contribution in [3.05, 3.63) is 0 Å². The fourth-order valence-corrected chi connectivity index (χ4v) is 1.34. The molecule has 0 heterocycles. The standard InChI is InChI=1S/C15H24N2O7/c1-7-22-12(19)10(11(18)13(20)23-8-2)9-16-17(6)14(21)24-15(3,4)5/h9-10H,7-8H2,1-6H3/b16-9-. The molecule has 0 aliphatic heterocycles. The highest BCUT2D eigenvalue weighted by Crippen LogP contribution is 2.09. The lowest BCUT2D eigenvalue weighted by Gasteiger charge is -2.22. The number of hydrogen-bond acceptors (Lipinski definition) is 8. The largest absolute Gasteiger partial charge is 0.465 e. The van der Waals surface area contributed by atoms with Crippen LogP contribution < -0.4 is 0 Å². The third-order valence-electron chi connectivity index (χ3n) is 2.35. The fraction of sp³-hybridized carbons (Fsp3) is 0.667. The average Bonchev–Trinajstić information content (AvgIpc) is 2.45. The first-order valence-electron chi connectivity index (χ1n) is 7.41. The summed E-state index contributed by atoms with van der Waals surface area (Å²) < 4.78 is 14.4. The molecule has 0 aliphatic rings. The Labute approximate surface area is 140 Å². The van der Waals surface area contributed by atoms with Crippen molar-refractivity contribution in [2.24, 2.45) is 11.0 Å². The number of carbonyl (C=O) groups excluding carboxylic acids is 4. The van der Waals surface area contributed by atoms with E-state index in [1.165, 1.54) is 14.0 Å². The molecule has 0 aromatic heterocycles. The van der Waals surface area contributed by atoms with Gasteiger partial charge in [0.2, 0.25) is 0 Å². The van der Waals surface area contributed by atoms with Crippen LogP contribution in [0.1, 0.15) is 34.6 Å². The van der Waals surface area contributed by atoms with Crippen molar-refractivity contribution in [1.82, 2.24) is 5.01 Å². The predicted octanol–water partition coefficient (Wildman–Crippen LogP) is 1.15. The van der Waals surface area contributed by atoms with Crippen molar-refractivity contribution in [1.29, 1.82) is 0 Å². The number of esters is 2. The van der Waals surface area contributed by atoms with Gasteiger partial charge in [-0.2, -0.15) is 5.10 Å². The van der Waals surface area contributed by atoms with E-state index in [0.717, 1.165) is 11.2 Å². The number of nitrogens with zero attached hydrogens (tertiary/aromatic N) is 2. The van der Waals surface area contributed by atoms with Crippen molar-refractivity contribution < 1.29 is 33.4 Å². The van der Waals surface area contributed by atoms with Gasteiger partial charge in [0.15, 0.2) is 5.92 Å². The van der Waals surface area contributed by atoms with E-state index in [4.69, 9.17) is 9.47 Å². The van der Waals surface area contributed by atoms with Gasteiger partial charge in [0, 0.05) is 13.3 Å². The molecule has 24 heavy (non-hydrogen) atoms. The summed E-state index contributed by atoms with van der Waals surface area (Å²) in [6, 6.07) is 0. The fourth-order valence-electron chi connectivity index (χ4n) is 1.34. The number of carbonyl (C=O) groups is 4. The van der Waals surface area contributed by atoms with Crippen molar-refractivity contribution in [3.63, 3.8) is 0 Å². The van der Waals surface area contributed by atoms with Crippen LogP contribution in [0.2, 0.25) is 0 Å². The summed E-state index contributed by atoms with van der Waals surface area (Å²) in [5, 5.41) is 4.48. The minimum atomic E-state index is -1.60. The molecule has 1 unspecified atom stereocenters. The van der Waals surface area contributed by atoms with Crippen LogP contribution in [0.25, 0.3) is 0 Å². The van der Waals surface area contributed by atoms with Crippen LogP contribution in [-0.4, -0.2) is 60.9 Å². The molecule has 136 valence electrons. The molecule has 0 aromatic rings. The number of ketones is 1. The van der Waals surface area contributed by atoms with Gasteiger partial charge in [-0.25, -0.2) is 14.6 Å². The molecular weight excluding hydrogens is 320 g/mol. The van der Waals surface area contributed by atoms with Gasteiger partial charge >= 0.3 is 18.0 Å². The molecule has 0 fully saturated rings. The second-order valence-corrected chi connectivity index (χ2v) is 5.58. The topological polar surface area (TPSA) is 112 Å². The van der Waals surface area contributed by atoms with Gasteiger partial charge in [-0.05, 0) is 34.6 Å². The van der Waals surface area contributed by atoms with Crippen LogP contribution in [0.5, 0.6) is 0 Å². The number of hydrogen-bond donors (Lipinski definition) is 0. The first-order chi connectivity index (χ1) is 11.0. The SMILES string of the molecule is CCOC(=O)C(=O)C(/C=N\N(C)C(=O)OC(C)(C)C)C(=O)OCC. The van der Waals surface area contributed by atoms with E-state index in [1.807, 2.05) is 0 Å². The zero-order valence-electron chi connectivity index (χ0n) is 14.8. The maximum absolute atomic E-state index is 12.0. The molecule has 9 heteroatoms. The van der Waals surface area contributed by atoms with E-state index in [0.29, 0.717) is 0 Å². The van der Waals surface area contributed by atoms with Gasteiger partial charge in [-0.15, -0.1) is 0 Å². The Morgan fingerprint density at radius 3 is 2.08 bits per heavy atom. The summed E-state index contributed by atoms with van der Waals surface area (Å²) in [6.45, 7) is 8.09. The number of rotatable bonds is 7. The molecule has 0 N–H and O–H groups in total. The van der Waals surface area contributed by atoms with E-state index < -0.39 is 35.3 Å². The molecule has 1 atom stereocenters. The van der Waals surface area contributed by atoms with Gasteiger partial charge in [0.25, 0.3) is 5.78 Å². The lowest BCUT2D eigenvalue weighted by molar-refractivity contribution is -0.159. The van der Waals surface area contributed by atoms with Gasteiger partial charge in [0.05, 0.1) is 13.2 Å². The Kier molecular flexibility index (Phi) is 8.65.